The summed E-state index contributed by atoms with van der Waals surface area (Å²) in [5, 5.41) is 6.07. The average molecular weight is 296 g/mol. The molecule has 0 spiro atoms. The first kappa shape index (κ1) is 14.8. The molecule has 1 amide bonds. The largest absolute Gasteiger partial charge is 0.382 e. The number of hydrogen-bond donors (Lipinski definition) is 2. The van der Waals surface area contributed by atoms with E-state index in [9.17, 15) is 13.2 Å². The van der Waals surface area contributed by atoms with Crippen molar-refractivity contribution in [3.8, 4) is 0 Å². The molecule has 0 saturated carbocycles. The molecule has 1 heterocycles. The van der Waals surface area contributed by atoms with Crippen molar-refractivity contribution in [2.24, 2.45) is 0 Å². The minimum absolute atomic E-state index is 0.0269. The Morgan fingerprint density at radius 2 is 2.10 bits per heavy atom. The van der Waals surface area contributed by atoms with Crippen LogP contribution < -0.4 is 10.6 Å². The number of hydrogen-bond acceptors (Lipinski definition) is 4. The van der Waals surface area contributed by atoms with Gasteiger partial charge in [-0.1, -0.05) is 18.2 Å². The number of carbonyl (C=O) groups excluding carboxylic acids is 1. The molecular weight excluding hydrogens is 276 g/mol. The molecule has 0 saturated heterocycles. The second-order valence-corrected chi connectivity index (χ2v) is 7.60. The van der Waals surface area contributed by atoms with Crippen LogP contribution in [0, 0.1) is 0 Å². The van der Waals surface area contributed by atoms with Gasteiger partial charge in [-0.25, -0.2) is 8.42 Å². The van der Waals surface area contributed by atoms with Crippen molar-refractivity contribution in [1.82, 2.24) is 5.32 Å². The summed E-state index contributed by atoms with van der Waals surface area (Å²) in [4.78, 5) is 12.3. The van der Waals surface area contributed by atoms with E-state index >= 15 is 0 Å². The molecule has 5 nitrogen and oxygen atoms in total. The Morgan fingerprint density at radius 1 is 1.40 bits per heavy atom. The van der Waals surface area contributed by atoms with Crippen LogP contribution in [-0.2, 0) is 14.6 Å². The highest BCUT2D eigenvalue weighted by molar-refractivity contribution is 7.90. The number of amides is 1. The van der Waals surface area contributed by atoms with Crippen LogP contribution in [-0.4, -0.2) is 38.9 Å². The lowest BCUT2D eigenvalue weighted by atomic mass is 9.87. The predicted octanol–water partition coefficient (Wildman–Crippen LogP) is 1.14. The fourth-order valence-electron chi connectivity index (χ4n) is 2.47. The monoisotopic (exact) mass is 296 g/mol. The third-order valence-corrected chi connectivity index (χ3v) is 4.36. The van der Waals surface area contributed by atoms with Crippen LogP contribution in [0.3, 0.4) is 0 Å². The molecule has 0 aliphatic carbocycles. The molecular formula is C14H20N2O3S. The molecule has 2 atom stereocenters. The smallest absolute Gasteiger partial charge is 0.227 e. The van der Waals surface area contributed by atoms with Gasteiger partial charge in [0.25, 0.3) is 0 Å². The molecule has 6 heteroatoms. The van der Waals surface area contributed by atoms with Gasteiger partial charge in [-0.2, -0.15) is 0 Å². The van der Waals surface area contributed by atoms with E-state index in [0.29, 0.717) is 6.42 Å². The summed E-state index contributed by atoms with van der Waals surface area (Å²) in [6.45, 7) is 2.20. The van der Waals surface area contributed by atoms with Gasteiger partial charge in [0.2, 0.25) is 5.91 Å². The van der Waals surface area contributed by atoms with E-state index in [2.05, 4.69) is 10.6 Å². The van der Waals surface area contributed by atoms with E-state index in [1.165, 1.54) is 6.26 Å². The quantitative estimate of drug-likeness (QED) is 0.873. The van der Waals surface area contributed by atoms with E-state index < -0.39 is 9.84 Å². The molecule has 0 radical (unpaired) electrons. The Balaban J connectivity index is 2.07. The number of rotatable bonds is 4. The zero-order chi connectivity index (χ0) is 14.8. The highest BCUT2D eigenvalue weighted by Crippen LogP contribution is 2.33. The normalized spacial score (nSPS) is 21.7. The van der Waals surface area contributed by atoms with Gasteiger partial charge in [0.15, 0.2) is 0 Å². The van der Waals surface area contributed by atoms with Gasteiger partial charge in [-0.15, -0.1) is 0 Å². The fourth-order valence-corrected chi connectivity index (χ4v) is 2.94. The van der Waals surface area contributed by atoms with Crippen LogP contribution in [0.5, 0.6) is 0 Å². The average Bonchev–Trinajstić information content (AvgIpc) is 2.36. The predicted molar refractivity (Wildman–Crippen MR) is 79.6 cm³/mol. The highest BCUT2D eigenvalue weighted by Gasteiger charge is 2.29. The van der Waals surface area contributed by atoms with Crippen LogP contribution in [0.15, 0.2) is 24.3 Å². The van der Waals surface area contributed by atoms with Crippen LogP contribution in [0.4, 0.5) is 5.69 Å². The van der Waals surface area contributed by atoms with Gasteiger partial charge in [-0.3, -0.25) is 4.79 Å². The Bertz CT molecular complexity index is 598. The van der Waals surface area contributed by atoms with E-state index in [-0.39, 0.29) is 30.2 Å². The van der Waals surface area contributed by atoms with E-state index in [1.54, 1.807) is 0 Å². The molecule has 0 aromatic heterocycles. The van der Waals surface area contributed by atoms with Crippen molar-refractivity contribution < 1.29 is 13.2 Å². The molecule has 1 aromatic rings. The molecule has 20 heavy (non-hydrogen) atoms. The summed E-state index contributed by atoms with van der Waals surface area (Å²) in [5.74, 6) is -0.350. The summed E-state index contributed by atoms with van der Waals surface area (Å²) in [6.07, 6.45) is 1.88. The van der Waals surface area contributed by atoms with Gasteiger partial charge in [0, 0.05) is 24.5 Å². The maximum atomic E-state index is 12.3. The SMILES string of the molecule is CC1CC(C(=O)NCCS(C)(=O)=O)c2ccccc2N1. The Hall–Kier alpha value is -1.56. The number of anilines is 1. The molecule has 110 valence electrons. The summed E-state index contributed by atoms with van der Waals surface area (Å²) < 4.78 is 22.2. The maximum Gasteiger partial charge on any atom is 0.227 e. The first-order chi connectivity index (χ1) is 9.37. The van der Waals surface area contributed by atoms with Gasteiger partial charge >= 0.3 is 0 Å². The second-order valence-electron chi connectivity index (χ2n) is 5.34. The molecule has 1 aliphatic rings. The van der Waals surface area contributed by atoms with Gasteiger partial charge < -0.3 is 10.6 Å². The third kappa shape index (κ3) is 3.72. The van der Waals surface area contributed by atoms with Crippen molar-refractivity contribution in [2.45, 2.75) is 25.3 Å². The summed E-state index contributed by atoms with van der Waals surface area (Å²) in [7, 11) is -3.05. The molecule has 0 bridgehead atoms. The standard InChI is InChI=1S/C14H20N2O3S/c1-10-9-12(11-5-3-4-6-13(11)16-10)14(17)15-7-8-20(2,18)19/h3-6,10,12,16H,7-9H2,1-2H3,(H,15,17). The van der Waals surface area contributed by atoms with Crippen molar-refractivity contribution in [2.75, 3.05) is 23.9 Å². The lowest BCUT2D eigenvalue weighted by Gasteiger charge is -2.30. The first-order valence-corrected chi connectivity index (χ1v) is 8.74. The Kier molecular flexibility index (Phi) is 4.32. The molecule has 1 aliphatic heterocycles. The second kappa shape index (κ2) is 5.83. The number of carbonyl (C=O) groups is 1. The Labute approximate surface area is 119 Å². The lowest BCUT2D eigenvalue weighted by Crippen LogP contribution is -2.37. The number of benzene rings is 1. The fraction of sp³-hybridized carbons (Fsp3) is 0.500. The molecule has 2 N–H and O–H groups in total. The van der Waals surface area contributed by atoms with Gasteiger partial charge in [-0.05, 0) is 25.0 Å². The van der Waals surface area contributed by atoms with Crippen LogP contribution in [0.1, 0.15) is 24.8 Å². The lowest BCUT2D eigenvalue weighted by molar-refractivity contribution is -0.122. The first-order valence-electron chi connectivity index (χ1n) is 6.68. The van der Waals surface area contributed by atoms with E-state index in [1.807, 2.05) is 31.2 Å². The zero-order valence-electron chi connectivity index (χ0n) is 11.7. The van der Waals surface area contributed by atoms with E-state index in [0.717, 1.165) is 11.3 Å². The number of sulfone groups is 1. The third-order valence-electron chi connectivity index (χ3n) is 3.42. The van der Waals surface area contributed by atoms with Crippen molar-refractivity contribution in [1.29, 1.82) is 0 Å². The van der Waals surface area contributed by atoms with Crippen LogP contribution in [0.25, 0.3) is 0 Å². The summed E-state index contributed by atoms with van der Waals surface area (Å²) >= 11 is 0. The van der Waals surface area contributed by atoms with Crippen LogP contribution >= 0.6 is 0 Å². The minimum Gasteiger partial charge on any atom is -0.382 e. The van der Waals surface area contributed by atoms with E-state index in [4.69, 9.17) is 0 Å². The number of fused-ring (bicyclic) bond motifs is 1. The van der Waals surface area contributed by atoms with Crippen molar-refractivity contribution >= 4 is 21.4 Å². The highest BCUT2D eigenvalue weighted by atomic mass is 32.2. The maximum absolute atomic E-state index is 12.3. The minimum atomic E-state index is -3.05. The molecule has 1 aromatic carbocycles. The van der Waals surface area contributed by atoms with Gasteiger partial charge in [0.1, 0.15) is 9.84 Å². The number of para-hydroxylation sites is 1. The van der Waals surface area contributed by atoms with Crippen LogP contribution in [0.2, 0.25) is 0 Å². The molecule has 2 unspecified atom stereocenters. The molecule has 2 rings (SSSR count). The summed E-state index contributed by atoms with van der Waals surface area (Å²) in [6, 6.07) is 7.96. The topological polar surface area (TPSA) is 75.3 Å². The van der Waals surface area contributed by atoms with Crippen molar-refractivity contribution in [3.05, 3.63) is 29.8 Å². The molecule has 0 fully saturated rings. The summed E-state index contributed by atoms with van der Waals surface area (Å²) in [5.41, 5.74) is 1.96. The Morgan fingerprint density at radius 3 is 2.80 bits per heavy atom. The number of nitrogens with one attached hydrogen (secondary N) is 2. The zero-order valence-corrected chi connectivity index (χ0v) is 12.5. The van der Waals surface area contributed by atoms with Crippen molar-refractivity contribution in [3.63, 3.8) is 0 Å². The van der Waals surface area contributed by atoms with Gasteiger partial charge in [0.05, 0.1) is 11.7 Å².